The van der Waals surface area contributed by atoms with E-state index in [1.165, 1.54) is 31.4 Å². The lowest BCUT2D eigenvalue weighted by Gasteiger charge is -2.09. The van der Waals surface area contributed by atoms with E-state index in [2.05, 4.69) is 24.8 Å². The summed E-state index contributed by atoms with van der Waals surface area (Å²) < 4.78 is 0. The second-order valence-corrected chi connectivity index (χ2v) is 9.76. The van der Waals surface area contributed by atoms with E-state index in [1.807, 2.05) is 65.6 Å². The molecule has 30 heavy (non-hydrogen) atoms. The Kier molecular flexibility index (Phi) is 6.16. The lowest BCUT2D eigenvalue weighted by atomic mass is 10.1. The fourth-order valence-corrected chi connectivity index (χ4v) is 6.06. The van der Waals surface area contributed by atoms with Gasteiger partial charge in [0.15, 0.2) is 0 Å². The maximum atomic E-state index is 10.9. The summed E-state index contributed by atoms with van der Waals surface area (Å²) >= 11 is 3.73. The van der Waals surface area contributed by atoms with Crippen LogP contribution in [-0.2, 0) is 11.2 Å². The van der Waals surface area contributed by atoms with Crippen LogP contribution in [0.5, 0.6) is 0 Å². The van der Waals surface area contributed by atoms with E-state index in [0.717, 1.165) is 31.0 Å². The Morgan fingerprint density at radius 2 is 1.93 bits per heavy atom. The molecule has 0 saturated heterocycles. The van der Waals surface area contributed by atoms with Crippen LogP contribution in [-0.4, -0.2) is 17.8 Å². The summed E-state index contributed by atoms with van der Waals surface area (Å²) in [6.07, 6.45) is 14.2. The number of benzene rings is 1. The van der Waals surface area contributed by atoms with Gasteiger partial charge in [0.2, 0.25) is 0 Å². The van der Waals surface area contributed by atoms with Crippen LogP contribution in [0, 0.1) is 0 Å². The zero-order chi connectivity index (χ0) is 21.1. The smallest absolute Gasteiger partial charge is 0.150 e. The predicted molar refractivity (Wildman–Crippen MR) is 130 cm³/mol. The molecule has 2 heterocycles. The minimum atomic E-state index is 0.474. The van der Waals surface area contributed by atoms with Crippen molar-refractivity contribution in [2.24, 2.45) is 0 Å². The summed E-state index contributed by atoms with van der Waals surface area (Å²) in [6, 6.07) is 10.0. The molecule has 0 spiro atoms. The number of fused-ring (bicyclic) bond motifs is 2. The summed E-state index contributed by atoms with van der Waals surface area (Å²) in [4.78, 5) is 25.6. The third-order valence-corrected chi connectivity index (χ3v) is 7.94. The standard InChI is InChI=1S/C26H22O2S2/c1-3-19(7-4-17(2)15-27)25-13-21-12-22-14-26(20-8-5-18(16-28)6-9-20)30-24(22)11-10-23(21)29-25/h3-9,12-16,24H,1,10-11H2,2H3/b17-4+,19-7+. The van der Waals surface area contributed by atoms with Crippen molar-refractivity contribution < 1.29 is 9.59 Å². The van der Waals surface area contributed by atoms with Gasteiger partial charge in [-0.3, -0.25) is 9.59 Å². The molecule has 150 valence electrons. The fourth-order valence-electron chi connectivity index (χ4n) is 3.59. The molecule has 0 saturated carbocycles. The van der Waals surface area contributed by atoms with Crippen molar-refractivity contribution >= 4 is 52.2 Å². The Morgan fingerprint density at radius 1 is 1.13 bits per heavy atom. The second-order valence-electron chi connectivity index (χ2n) is 7.38. The lowest BCUT2D eigenvalue weighted by Crippen LogP contribution is -2.00. The molecular formula is C26H22O2S2. The molecule has 2 aromatic rings. The van der Waals surface area contributed by atoms with Gasteiger partial charge in [-0.2, -0.15) is 0 Å². The number of thiophene rings is 1. The van der Waals surface area contributed by atoms with Crippen LogP contribution in [0.25, 0.3) is 16.6 Å². The van der Waals surface area contributed by atoms with E-state index in [4.69, 9.17) is 0 Å². The van der Waals surface area contributed by atoms with Crippen molar-refractivity contribution in [3.05, 3.63) is 98.8 Å². The van der Waals surface area contributed by atoms with E-state index in [1.54, 1.807) is 6.92 Å². The summed E-state index contributed by atoms with van der Waals surface area (Å²) in [7, 11) is 0. The molecule has 1 aromatic heterocycles. The normalized spacial score (nSPS) is 18.6. The van der Waals surface area contributed by atoms with Gasteiger partial charge in [0.05, 0.1) is 0 Å². The number of aldehydes is 2. The first-order valence-electron chi connectivity index (χ1n) is 9.86. The van der Waals surface area contributed by atoms with Gasteiger partial charge < -0.3 is 0 Å². The molecular weight excluding hydrogens is 408 g/mol. The zero-order valence-corrected chi connectivity index (χ0v) is 18.4. The number of aryl methyl sites for hydroxylation is 1. The molecule has 1 aromatic carbocycles. The monoisotopic (exact) mass is 430 g/mol. The Labute approximate surface area is 185 Å². The minimum absolute atomic E-state index is 0.474. The number of thioether (sulfide) groups is 1. The molecule has 1 aliphatic carbocycles. The SMILES string of the molecule is C=C/C(=C\C=C(/C)C=O)c1cc2c(s1)CCC1SC(c3ccc(C=O)cc3)=CC1=C2. The van der Waals surface area contributed by atoms with Crippen LogP contribution >= 0.6 is 23.1 Å². The summed E-state index contributed by atoms with van der Waals surface area (Å²) in [6.45, 7) is 5.74. The molecule has 0 N–H and O–H groups in total. The van der Waals surface area contributed by atoms with Crippen LogP contribution in [0.2, 0.25) is 0 Å². The molecule has 1 atom stereocenters. The van der Waals surface area contributed by atoms with Crippen LogP contribution in [0.1, 0.15) is 44.6 Å². The van der Waals surface area contributed by atoms with Crippen LogP contribution in [0.4, 0.5) is 0 Å². The Hall–Kier alpha value is -2.69. The predicted octanol–water partition coefficient (Wildman–Crippen LogP) is 6.76. The van der Waals surface area contributed by atoms with Gasteiger partial charge in [-0.25, -0.2) is 0 Å². The third kappa shape index (κ3) is 4.25. The minimum Gasteiger partial charge on any atom is -0.298 e. The number of carbonyl (C=O) groups is 2. The largest absolute Gasteiger partial charge is 0.298 e. The molecule has 2 aliphatic rings. The van der Waals surface area contributed by atoms with Crippen LogP contribution in [0.3, 0.4) is 0 Å². The third-order valence-electron chi connectivity index (χ3n) is 5.28. The first-order chi connectivity index (χ1) is 14.6. The molecule has 0 amide bonds. The maximum Gasteiger partial charge on any atom is 0.150 e. The molecule has 0 fully saturated rings. The lowest BCUT2D eigenvalue weighted by molar-refractivity contribution is -0.104. The number of rotatable bonds is 6. The van der Waals surface area contributed by atoms with Gasteiger partial charge in [-0.05, 0) is 65.8 Å². The average molecular weight is 431 g/mol. The van der Waals surface area contributed by atoms with Crippen molar-refractivity contribution in [3.63, 3.8) is 0 Å². The van der Waals surface area contributed by atoms with Crippen molar-refractivity contribution in [2.75, 3.05) is 0 Å². The highest BCUT2D eigenvalue weighted by atomic mass is 32.2. The van der Waals surface area contributed by atoms with Gasteiger partial charge in [0.1, 0.15) is 12.6 Å². The Bertz CT molecular complexity index is 1120. The van der Waals surface area contributed by atoms with Crippen molar-refractivity contribution in [1.29, 1.82) is 0 Å². The number of allylic oxidation sites excluding steroid dienone is 6. The average Bonchev–Trinajstić information content (AvgIpc) is 3.33. The molecule has 0 bridgehead atoms. The van der Waals surface area contributed by atoms with Gasteiger partial charge in [-0.1, -0.05) is 49.1 Å². The number of hydrogen-bond acceptors (Lipinski definition) is 4. The van der Waals surface area contributed by atoms with E-state index in [-0.39, 0.29) is 0 Å². The summed E-state index contributed by atoms with van der Waals surface area (Å²) in [5.74, 6) is 0. The Morgan fingerprint density at radius 3 is 2.63 bits per heavy atom. The number of carbonyl (C=O) groups excluding carboxylic acids is 2. The molecule has 1 unspecified atom stereocenters. The van der Waals surface area contributed by atoms with Gasteiger partial charge in [-0.15, -0.1) is 23.1 Å². The zero-order valence-electron chi connectivity index (χ0n) is 16.8. The first kappa shape index (κ1) is 20.6. The quantitative estimate of drug-likeness (QED) is 0.288. The van der Waals surface area contributed by atoms with E-state index in [9.17, 15) is 9.59 Å². The summed E-state index contributed by atoms with van der Waals surface area (Å²) in [5, 5.41) is 0.474. The summed E-state index contributed by atoms with van der Waals surface area (Å²) in [5.41, 5.74) is 6.25. The van der Waals surface area contributed by atoms with E-state index in [0.29, 0.717) is 16.4 Å². The topological polar surface area (TPSA) is 34.1 Å². The van der Waals surface area contributed by atoms with E-state index >= 15 is 0 Å². The van der Waals surface area contributed by atoms with Gasteiger partial charge >= 0.3 is 0 Å². The Balaban J connectivity index is 1.64. The highest BCUT2D eigenvalue weighted by molar-refractivity contribution is 8.09. The van der Waals surface area contributed by atoms with Crippen LogP contribution < -0.4 is 0 Å². The second kappa shape index (κ2) is 8.99. The highest BCUT2D eigenvalue weighted by Crippen LogP contribution is 2.47. The fraction of sp³-hybridized carbons (Fsp3) is 0.154. The van der Waals surface area contributed by atoms with Crippen molar-refractivity contribution in [1.82, 2.24) is 0 Å². The molecule has 2 nitrogen and oxygen atoms in total. The van der Waals surface area contributed by atoms with Crippen molar-refractivity contribution in [3.8, 4) is 0 Å². The highest BCUT2D eigenvalue weighted by Gasteiger charge is 2.27. The van der Waals surface area contributed by atoms with Gasteiger partial charge in [0, 0.05) is 25.5 Å². The molecule has 1 aliphatic heterocycles. The molecule has 4 heteroatoms. The van der Waals surface area contributed by atoms with Crippen LogP contribution in [0.15, 0.2) is 72.4 Å². The first-order valence-corrected chi connectivity index (χ1v) is 11.6. The number of hydrogen-bond donors (Lipinski definition) is 0. The van der Waals surface area contributed by atoms with E-state index < -0.39 is 0 Å². The van der Waals surface area contributed by atoms with Gasteiger partial charge in [0.25, 0.3) is 0 Å². The molecule has 0 radical (unpaired) electrons. The molecule has 4 rings (SSSR count). The van der Waals surface area contributed by atoms with Crippen molar-refractivity contribution in [2.45, 2.75) is 25.0 Å². The maximum absolute atomic E-state index is 10.9.